The standard InChI is InChI=1S/C17H21N5O2/c1-12-19-16(20-24-12)14-5-6-15(18-11-14)21-7-9-22(10-8-21)17(23)13-3-2-4-13/h5-6,11,13H,2-4,7-10H2,1H3. The van der Waals surface area contributed by atoms with Crippen LogP contribution in [0.5, 0.6) is 0 Å². The van der Waals surface area contributed by atoms with E-state index in [0.29, 0.717) is 17.6 Å². The summed E-state index contributed by atoms with van der Waals surface area (Å²) in [6.07, 6.45) is 5.10. The fourth-order valence-electron chi connectivity index (χ4n) is 3.19. The van der Waals surface area contributed by atoms with Crippen molar-refractivity contribution in [3.05, 3.63) is 24.2 Å². The van der Waals surface area contributed by atoms with Crippen LogP contribution in [0.25, 0.3) is 11.4 Å². The molecule has 126 valence electrons. The molecule has 7 nitrogen and oxygen atoms in total. The SMILES string of the molecule is Cc1nc(-c2ccc(N3CCN(C(=O)C4CCC4)CC3)nc2)no1. The molecule has 0 unspecified atom stereocenters. The second kappa shape index (κ2) is 6.22. The number of hydrogen-bond acceptors (Lipinski definition) is 6. The highest BCUT2D eigenvalue weighted by Crippen LogP contribution is 2.29. The summed E-state index contributed by atoms with van der Waals surface area (Å²) in [6, 6.07) is 3.93. The second-order valence-corrected chi connectivity index (χ2v) is 6.48. The summed E-state index contributed by atoms with van der Waals surface area (Å²) >= 11 is 0. The van der Waals surface area contributed by atoms with Crippen molar-refractivity contribution in [3.8, 4) is 11.4 Å². The Morgan fingerprint density at radius 1 is 1.21 bits per heavy atom. The molecule has 1 aliphatic carbocycles. The number of carbonyl (C=O) groups excluding carboxylic acids is 1. The Hall–Kier alpha value is -2.44. The molecule has 0 N–H and O–H groups in total. The van der Waals surface area contributed by atoms with Crippen molar-refractivity contribution in [1.29, 1.82) is 0 Å². The Labute approximate surface area is 140 Å². The minimum atomic E-state index is 0.285. The van der Waals surface area contributed by atoms with Gasteiger partial charge in [-0.25, -0.2) is 4.98 Å². The third kappa shape index (κ3) is 2.86. The number of piperazine rings is 1. The van der Waals surface area contributed by atoms with E-state index in [1.54, 1.807) is 13.1 Å². The van der Waals surface area contributed by atoms with Crippen molar-refractivity contribution in [1.82, 2.24) is 20.0 Å². The van der Waals surface area contributed by atoms with Crippen molar-refractivity contribution in [2.75, 3.05) is 31.1 Å². The number of nitrogens with zero attached hydrogens (tertiary/aromatic N) is 5. The minimum absolute atomic E-state index is 0.285. The van der Waals surface area contributed by atoms with Crippen LogP contribution in [0.1, 0.15) is 25.2 Å². The molecular weight excluding hydrogens is 306 g/mol. The maximum Gasteiger partial charge on any atom is 0.225 e. The lowest BCUT2D eigenvalue weighted by Gasteiger charge is -2.38. The van der Waals surface area contributed by atoms with Crippen LogP contribution in [-0.4, -0.2) is 52.1 Å². The van der Waals surface area contributed by atoms with E-state index in [4.69, 9.17) is 4.52 Å². The molecule has 0 radical (unpaired) electrons. The Morgan fingerprint density at radius 3 is 2.54 bits per heavy atom. The highest BCUT2D eigenvalue weighted by molar-refractivity contribution is 5.79. The van der Waals surface area contributed by atoms with Gasteiger partial charge in [0.05, 0.1) is 0 Å². The van der Waals surface area contributed by atoms with Crippen molar-refractivity contribution in [2.45, 2.75) is 26.2 Å². The number of aromatic nitrogens is 3. The van der Waals surface area contributed by atoms with Crippen LogP contribution in [0, 0.1) is 12.8 Å². The molecule has 7 heteroatoms. The van der Waals surface area contributed by atoms with Gasteiger partial charge < -0.3 is 14.3 Å². The number of hydrogen-bond donors (Lipinski definition) is 0. The molecule has 0 bridgehead atoms. The number of anilines is 1. The average molecular weight is 327 g/mol. The summed E-state index contributed by atoms with van der Waals surface area (Å²) in [5.74, 6) is 2.66. The maximum atomic E-state index is 12.3. The van der Waals surface area contributed by atoms with E-state index in [1.807, 2.05) is 17.0 Å². The maximum absolute atomic E-state index is 12.3. The van der Waals surface area contributed by atoms with Gasteiger partial charge >= 0.3 is 0 Å². The fourth-order valence-corrected chi connectivity index (χ4v) is 3.19. The largest absolute Gasteiger partial charge is 0.353 e. The lowest BCUT2D eigenvalue weighted by molar-refractivity contribution is -0.138. The van der Waals surface area contributed by atoms with Crippen LogP contribution in [0.4, 0.5) is 5.82 Å². The van der Waals surface area contributed by atoms with Crippen LogP contribution < -0.4 is 4.90 Å². The van der Waals surface area contributed by atoms with E-state index in [9.17, 15) is 4.79 Å². The third-order valence-electron chi connectivity index (χ3n) is 4.90. The first-order valence-electron chi connectivity index (χ1n) is 8.51. The van der Waals surface area contributed by atoms with Gasteiger partial charge in [0.2, 0.25) is 17.6 Å². The first-order chi connectivity index (χ1) is 11.7. The average Bonchev–Trinajstić information content (AvgIpc) is 3.00. The Kier molecular flexibility index (Phi) is 3.92. The van der Waals surface area contributed by atoms with Crippen LogP contribution >= 0.6 is 0 Å². The van der Waals surface area contributed by atoms with Gasteiger partial charge in [0.25, 0.3) is 0 Å². The van der Waals surface area contributed by atoms with Gasteiger partial charge in [-0.1, -0.05) is 11.6 Å². The molecule has 24 heavy (non-hydrogen) atoms. The number of pyridine rings is 1. The molecule has 0 atom stereocenters. The lowest BCUT2D eigenvalue weighted by atomic mass is 9.84. The zero-order chi connectivity index (χ0) is 16.5. The summed E-state index contributed by atoms with van der Waals surface area (Å²) in [4.78, 5) is 25.3. The van der Waals surface area contributed by atoms with Gasteiger partial charge in [-0.2, -0.15) is 4.98 Å². The van der Waals surface area contributed by atoms with Gasteiger partial charge in [0.15, 0.2) is 0 Å². The Bertz CT molecular complexity index is 715. The molecular formula is C17H21N5O2. The highest BCUT2D eigenvalue weighted by Gasteiger charge is 2.31. The predicted molar refractivity (Wildman–Crippen MR) is 88.4 cm³/mol. The predicted octanol–water partition coefficient (Wildman–Crippen LogP) is 1.89. The number of amides is 1. The lowest BCUT2D eigenvalue weighted by Crippen LogP contribution is -2.51. The molecule has 2 aromatic heterocycles. The molecule has 0 aromatic carbocycles. The van der Waals surface area contributed by atoms with E-state index in [1.165, 1.54) is 6.42 Å². The molecule has 4 rings (SSSR count). The second-order valence-electron chi connectivity index (χ2n) is 6.48. The molecule has 2 aliphatic rings. The smallest absolute Gasteiger partial charge is 0.225 e. The van der Waals surface area contributed by atoms with Crippen molar-refractivity contribution in [3.63, 3.8) is 0 Å². The monoisotopic (exact) mass is 327 g/mol. The number of carbonyl (C=O) groups is 1. The highest BCUT2D eigenvalue weighted by atomic mass is 16.5. The molecule has 3 heterocycles. The first kappa shape index (κ1) is 15.1. The van der Waals surface area contributed by atoms with E-state index >= 15 is 0 Å². The molecule has 1 saturated carbocycles. The third-order valence-corrected chi connectivity index (χ3v) is 4.90. The van der Waals surface area contributed by atoms with Crippen molar-refractivity contribution in [2.24, 2.45) is 5.92 Å². The normalized spacial score (nSPS) is 18.5. The zero-order valence-electron chi connectivity index (χ0n) is 13.8. The molecule has 2 fully saturated rings. The quantitative estimate of drug-likeness (QED) is 0.857. The number of aryl methyl sites for hydroxylation is 1. The fraction of sp³-hybridized carbons (Fsp3) is 0.529. The van der Waals surface area contributed by atoms with Gasteiger partial charge in [-0.3, -0.25) is 4.79 Å². The molecule has 0 spiro atoms. The van der Waals surface area contributed by atoms with Crippen molar-refractivity contribution < 1.29 is 9.32 Å². The van der Waals surface area contributed by atoms with Gasteiger partial charge in [0.1, 0.15) is 5.82 Å². The van der Waals surface area contributed by atoms with Crippen LogP contribution in [-0.2, 0) is 4.79 Å². The summed E-state index contributed by atoms with van der Waals surface area (Å²) in [7, 11) is 0. The topological polar surface area (TPSA) is 75.4 Å². The molecule has 1 saturated heterocycles. The van der Waals surface area contributed by atoms with Gasteiger partial charge in [-0.05, 0) is 25.0 Å². The van der Waals surface area contributed by atoms with E-state index in [2.05, 4.69) is 20.0 Å². The van der Waals surface area contributed by atoms with Gasteiger partial charge in [0, 0.05) is 50.8 Å². The Balaban J connectivity index is 1.38. The van der Waals surface area contributed by atoms with E-state index in [-0.39, 0.29) is 5.92 Å². The van der Waals surface area contributed by atoms with E-state index in [0.717, 1.165) is 50.4 Å². The number of rotatable bonds is 3. The Morgan fingerprint density at radius 2 is 2.00 bits per heavy atom. The summed E-state index contributed by atoms with van der Waals surface area (Å²) in [6.45, 7) is 4.98. The summed E-state index contributed by atoms with van der Waals surface area (Å²) in [5.41, 5.74) is 0.842. The van der Waals surface area contributed by atoms with Gasteiger partial charge in [-0.15, -0.1) is 0 Å². The minimum Gasteiger partial charge on any atom is -0.353 e. The van der Waals surface area contributed by atoms with E-state index < -0.39 is 0 Å². The first-order valence-corrected chi connectivity index (χ1v) is 8.51. The van der Waals surface area contributed by atoms with Crippen molar-refractivity contribution >= 4 is 11.7 Å². The molecule has 2 aromatic rings. The zero-order valence-corrected chi connectivity index (χ0v) is 13.8. The van der Waals surface area contributed by atoms with Crippen LogP contribution in [0.15, 0.2) is 22.9 Å². The van der Waals surface area contributed by atoms with Crippen LogP contribution in [0.2, 0.25) is 0 Å². The summed E-state index contributed by atoms with van der Waals surface area (Å²) in [5, 5.41) is 3.90. The summed E-state index contributed by atoms with van der Waals surface area (Å²) < 4.78 is 5.00. The van der Waals surface area contributed by atoms with Crippen LogP contribution in [0.3, 0.4) is 0 Å². The molecule has 1 amide bonds. The molecule has 1 aliphatic heterocycles.